The SMILES string of the molecule is N#Cc1cccc(CN2CN(N)C=N2)c1. The van der Waals surface area contributed by atoms with Gasteiger partial charge in [-0.2, -0.15) is 10.4 Å². The lowest BCUT2D eigenvalue weighted by Gasteiger charge is -2.15. The molecule has 0 saturated heterocycles. The Morgan fingerprint density at radius 3 is 3.07 bits per heavy atom. The molecule has 1 aliphatic heterocycles. The van der Waals surface area contributed by atoms with Crippen LogP contribution < -0.4 is 5.84 Å². The maximum absolute atomic E-state index is 8.74. The van der Waals surface area contributed by atoms with Gasteiger partial charge in [0.1, 0.15) is 13.0 Å². The molecule has 0 saturated carbocycles. The molecule has 0 spiro atoms. The highest BCUT2D eigenvalue weighted by molar-refractivity contribution is 5.55. The van der Waals surface area contributed by atoms with Crippen molar-refractivity contribution >= 4 is 6.34 Å². The highest BCUT2D eigenvalue weighted by atomic mass is 15.6. The van der Waals surface area contributed by atoms with E-state index < -0.39 is 0 Å². The normalized spacial score (nSPS) is 14.4. The van der Waals surface area contributed by atoms with Crippen molar-refractivity contribution < 1.29 is 0 Å². The van der Waals surface area contributed by atoms with Crippen LogP contribution in [0.3, 0.4) is 0 Å². The van der Waals surface area contributed by atoms with E-state index in [0.29, 0.717) is 18.8 Å². The molecular weight excluding hydrogens is 190 g/mol. The van der Waals surface area contributed by atoms with E-state index in [1.807, 2.05) is 23.2 Å². The first-order valence-electron chi connectivity index (χ1n) is 4.57. The molecule has 15 heavy (non-hydrogen) atoms. The molecule has 5 heteroatoms. The maximum atomic E-state index is 8.74. The van der Waals surface area contributed by atoms with Crippen LogP contribution >= 0.6 is 0 Å². The minimum atomic E-state index is 0.580. The van der Waals surface area contributed by atoms with Gasteiger partial charge in [-0.3, -0.25) is 10.0 Å². The molecule has 0 radical (unpaired) electrons. The largest absolute Gasteiger partial charge is 0.278 e. The Kier molecular flexibility index (Phi) is 2.52. The summed E-state index contributed by atoms with van der Waals surface area (Å²) in [5.74, 6) is 5.52. The number of hydrogen-bond acceptors (Lipinski definition) is 5. The van der Waals surface area contributed by atoms with E-state index in [2.05, 4.69) is 11.2 Å². The van der Waals surface area contributed by atoms with Crippen LogP contribution in [-0.2, 0) is 6.54 Å². The minimum Gasteiger partial charge on any atom is -0.278 e. The zero-order valence-electron chi connectivity index (χ0n) is 8.17. The molecule has 0 atom stereocenters. The van der Waals surface area contributed by atoms with Gasteiger partial charge in [-0.1, -0.05) is 12.1 Å². The molecule has 0 unspecified atom stereocenters. The summed E-state index contributed by atoms with van der Waals surface area (Å²) in [6.07, 6.45) is 1.58. The quantitative estimate of drug-likeness (QED) is 0.705. The number of hydrazone groups is 1. The molecular formula is C10H11N5. The van der Waals surface area contributed by atoms with Gasteiger partial charge in [0.2, 0.25) is 0 Å². The molecule has 0 aromatic heterocycles. The lowest BCUT2D eigenvalue weighted by atomic mass is 10.1. The van der Waals surface area contributed by atoms with E-state index in [1.165, 1.54) is 5.01 Å². The molecule has 2 rings (SSSR count). The molecule has 5 nitrogen and oxygen atoms in total. The number of hydrazine groups is 1. The van der Waals surface area contributed by atoms with Crippen molar-refractivity contribution in [1.29, 1.82) is 5.26 Å². The summed E-state index contributed by atoms with van der Waals surface area (Å²) in [5.41, 5.74) is 1.72. The highest BCUT2D eigenvalue weighted by Crippen LogP contribution is 2.09. The van der Waals surface area contributed by atoms with Gasteiger partial charge in [0.05, 0.1) is 18.2 Å². The Labute approximate surface area is 88.0 Å². The Hall–Kier alpha value is -2.06. The summed E-state index contributed by atoms with van der Waals surface area (Å²) >= 11 is 0. The van der Waals surface area contributed by atoms with Gasteiger partial charge in [-0.15, -0.1) is 0 Å². The van der Waals surface area contributed by atoms with Crippen molar-refractivity contribution in [1.82, 2.24) is 10.0 Å². The zero-order valence-corrected chi connectivity index (χ0v) is 8.17. The summed E-state index contributed by atoms with van der Waals surface area (Å²) in [6.45, 7) is 1.25. The van der Waals surface area contributed by atoms with E-state index in [1.54, 1.807) is 12.4 Å². The van der Waals surface area contributed by atoms with Crippen LogP contribution in [0, 0.1) is 11.3 Å². The van der Waals surface area contributed by atoms with E-state index in [-0.39, 0.29) is 0 Å². The number of benzene rings is 1. The standard InChI is InChI=1S/C10H11N5/c11-5-9-2-1-3-10(4-9)6-15-8-14(12)7-13-15/h1-4,7H,6,8,12H2. The minimum absolute atomic E-state index is 0.580. The van der Waals surface area contributed by atoms with Crippen molar-refractivity contribution in [2.45, 2.75) is 6.54 Å². The van der Waals surface area contributed by atoms with Crippen LogP contribution in [0.25, 0.3) is 0 Å². The highest BCUT2D eigenvalue weighted by Gasteiger charge is 2.10. The Bertz CT molecular complexity index is 420. The summed E-state index contributed by atoms with van der Waals surface area (Å²) in [6, 6.07) is 9.59. The van der Waals surface area contributed by atoms with Crippen LogP contribution in [0.4, 0.5) is 0 Å². The maximum Gasteiger partial charge on any atom is 0.127 e. The van der Waals surface area contributed by atoms with Crippen molar-refractivity contribution in [2.75, 3.05) is 6.67 Å². The second kappa shape index (κ2) is 3.98. The summed E-state index contributed by atoms with van der Waals surface area (Å²) in [4.78, 5) is 0. The predicted molar refractivity (Wildman–Crippen MR) is 56.1 cm³/mol. The first kappa shape index (κ1) is 9.49. The van der Waals surface area contributed by atoms with E-state index in [0.717, 1.165) is 5.56 Å². The lowest BCUT2D eigenvalue weighted by molar-refractivity contribution is 0.230. The zero-order chi connectivity index (χ0) is 10.7. The van der Waals surface area contributed by atoms with Gasteiger partial charge in [-0.05, 0) is 17.7 Å². The Balaban J connectivity index is 2.05. The van der Waals surface area contributed by atoms with Gasteiger partial charge in [0.25, 0.3) is 0 Å². The van der Waals surface area contributed by atoms with Crippen LogP contribution in [0.5, 0.6) is 0 Å². The fourth-order valence-corrected chi connectivity index (χ4v) is 1.44. The summed E-state index contributed by atoms with van der Waals surface area (Å²) in [7, 11) is 0. The van der Waals surface area contributed by atoms with E-state index in [4.69, 9.17) is 11.1 Å². The van der Waals surface area contributed by atoms with Gasteiger partial charge in [-0.25, -0.2) is 5.84 Å². The molecule has 1 heterocycles. The van der Waals surface area contributed by atoms with Crippen LogP contribution in [-0.4, -0.2) is 23.0 Å². The van der Waals surface area contributed by atoms with E-state index in [9.17, 15) is 0 Å². The van der Waals surface area contributed by atoms with Gasteiger partial charge < -0.3 is 0 Å². The fourth-order valence-electron chi connectivity index (χ4n) is 1.44. The van der Waals surface area contributed by atoms with E-state index >= 15 is 0 Å². The van der Waals surface area contributed by atoms with Gasteiger partial charge >= 0.3 is 0 Å². The molecule has 1 aromatic carbocycles. The first-order chi connectivity index (χ1) is 7.28. The van der Waals surface area contributed by atoms with Crippen molar-refractivity contribution in [3.63, 3.8) is 0 Å². The van der Waals surface area contributed by atoms with Crippen molar-refractivity contribution in [3.8, 4) is 6.07 Å². The number of nitriles is 1. The molecule has 1 aromatic rings. The number of nitrogens with two attached hydrogens (primary N) is 1. The Morgan fingerprint density at radius 2 is 2.40 bits per heavy atom. The average Bonchev–Trinajstić information content (AvgIpc) is 2.64. The summed E-state index contributed by atoms with van der Waals surface area (Å²) < 4.78 is 0. The third-order valence-corrected chi connectivity index (χ3v) is 2.11. The number of hydrogen-bond donors (Lipinski definition) is 1. The van der Waals surface area contributed by atoms with Crippen molar-refractivity contribution in [3.05, 3.63) is 35.4 Å². The van der Waals surface area contributed by atoms with Gasteiger partial charge in [0.15, 0.2) is 0 Å². The monoisotopic (exact) mass is 201 g/mol. The third kappa shape index (κ3) is 2.24. The van der Waals surface area contributed by atoms with Gasteiger partial charge in [0, 0.05) is 0 Å². The van der Waals surface area contributed by atoms with Crippen LogP contribution in [0.2, 0.25) is 0 Å². The summed E-state index contributed by atoms with van der Waals surface area (Å²) in [5, 5.41) is 16.2. The molecule has 2 N–H and O–H groups in total. The van der Waals surface area contributed by atoms with Crippen LogP contribution in [0.1, 0.15) is 11.1 Å². The third-order valence-electron chi connectivity index (χ3n) is 2.11. The smallest absolute Gasteiger partial charge is 0.127 e. The average molecular weight is 201 g/mol. The number of nitrogens with zero attached hydrogens (tertiary/aromatic N) is 4. The first-order valence-corrected chi connectivity index (χ1v) is 4.57. The molecule has 76 valence electrons. The number of rotatable bonds is 2. The predicted octanol–water partition coefficient (Wildman–Crippen LogP) is 0.450. The fraction of sp³-hybridized carbons (Fsp3) is 0.200. The molecule has 0 bridgehead atoms. The molecule has 0 fully saturated rings. The Morgan fingerprint density at radius 1 is 1.53 bits per heavy atom. The molecule has 0 amide bonds. The second-order valence-corrected chi connectivity index (χ2v) is 3.36. The second-order valence-electron chi connectivity index (χ2n) is 3.36. The molecule has 1 aliphatic rings. The van der Waals surface area contributed by atoms with Crippen LogP contribution in [0.15, 0.2) is 29.4 Å². The topological polar surface area (TPSA) is 68.7 Å². The van der Waals surface area contributed by atoms with Crippen molar-refractivity contribution in [2.24, 2.45) is 10.9 Å². The molecule has 0 aliphatic carbocycles. The lowest BCUT2D eigenvalue weighted by Crippen LogP contribution is -2.31.